The van der Waals surface area contributed by atoms with Crippen molar-refractivity contribution in [1.29, 1.82) is 0 Å². The van der Waals surface area contributed by atoms with Gasteiger partial charge in [-0.1, -0.05) is 60.3 Å². The van der Waals surface area contributed by atoms with E-state index in [-0.39, 0.29) is 11.1 Å². The van der Waals surface area contributed by atoms with Crippen LogP contribution in [0, 0.1) is 17.8 Å². The number of nitrogens with two attached hydrogens (primary N) is 1. The second-order valence-corrected chi connectivity index (χ2v) is 15.1. The van der Waals surface area contributed by atoms with Crippen LogP contribution in [0.3, 0.4) is 0 Å². The molecule has 0 radical (unpaired) electrons. The fraction of sp³-hybridized carbons (Fsp3) is 0.957. The van der Waals surface area contributed by atoms with E-state index in [0.717, 1.165) is 31.7 Å². The lowest BCUT2D eigenvalue weighted by Gasteiger charge is -2.40. The van der Waals surface area contributed by atoms with Crippen molar-refractivity contribution in [3.8, 4) is 0 Å². The van der Waals surface area contributed by atoms with Crippen LogP contribution in [0.2, 0.25) is 18.1 Å². The number of hydrogen-bond acceptors (Lipinski definition) is 3. The summed E-state index contributed by atoms with van der Waals surface area (Å²) in [5.41, 5.74) is 5.64. The van der Waals surface area contributed by atoms with Crippen molar-refractivity contribution >= 4 is 14.3 Å². The normalized spacial score (nSPS) is 17.2. The van der Waals surface area contributed by atoms with Crippen LogP contribution in [0.1, 0.15) is 92.9 Å². The predicted octanol–water partition coefficient (Wildman–Crippen LogP) is 6.45. The maximum atomic E-state index is 11.6. The fourth-order valence-corrected chi connectivity index (χ4v) is 4.86. The molecule has 0 saturated carbocycles. The largest absolute Gasteiger partial charge is 0.481 e. The summed E-state index contributed by atoms with van der Waals surface area (Å²) in [6.07, 6.45) is 9.08. The summed E-state index contributed by atoms with van der Waals surface area (Å²) < 4.78 is 6.53. The second kappa shape index (κ2) is 13.0. The first-order valence-corrected chi connectivity index (χ1v) is 14.4. The maximum absolute atomic E-state index is 11.6. The molecule has 0 heterocycles. The van der Waals surface area contributed by atoms with Crippen molar-refractivity contribution in [3.05, 3.63) is 0 Å². The van der Waals surface area contributed by atoms with Crippen molar-refractivity contribution < 1.29 is 14.3 Å². The molecule has 0 aliphatic carbocycles. The maximum Gasteiger partial charge on any atom is 0.308 e. The highest BCUT2D eigenvalue weighted by Crippen LogP contribution is 2.39. The Bertz CT molecular complexity index is 434. The molecule has 0 aromatic carbocycles. The minimum atomic E-state index is -1.98. The van der Waals surface area contributed by atoms with Crippen molar-refractivity contribution in [1.82, 2.24) is 0 Å². The Balaban J connectivity index is 4.62. The van der Waals surface area contributed by atoms with Crippen LogP contribution >= 0.6 is 0 Å². The lowest BCUT2D eigenvalue weighted by Crippen LogP contribution is -2.46. The first-order valence-electron chi connectivity index (χ1n) is 11.5. The fourth-order valence-electron chi connectivity index (χ4n) is 3.43. The van der Waals surface area contributed by atoms with E-state index in [0.29, 0.717) is 5.92 Å². The number of carboxylic acids is 1. The molecule has 0 rings (SSSR count). The van der Waals surface area contributed by atoms with Gasteiger partial charge in [0.05, 0.1) is 12.0 Å². The van der Waals surface area contributed by atoms with E-state index >= 15 is 0 Å². The SMILES string of the molecule is CC[C@@H](CCCN)CCC[C@@H](C)CC[C@H](O[Si](C)(C)C(C)(C)C)[C@@H](C)C(=O)O. The Morgan fingerprint density at radius 3 is 2.07 bits per heavy atom. The zero-order chi connectivity index (χ0) is 22.0. The van der Waals surface area contributed by atoms with Crippen LogP contribution in [-0.2, 0) is 9.22 Å². The van der Waals surface area contributed by atoms with E-state index in [4.69, 9.17) is 10.2 Å². The van der Waals surface area contributed by atoms with E-state index in [1.54, 1.807) is 6.92 Å². The zero-order valence-electron chi connectivity index (χ0n) is 20.0. The Hall–Kier alpha value is -0.393. The van der Waals surface area contributed by atoms with E-state index in [1.807, 2.05) is 0 Å². The Morgan fingerprint density at radius 2 is 1.61 bits per heavy atom. The number of rotatable bonds is 15. The molecular formula is C23H49NO3Si. The Morgan fingerprint density at radius 1 is 1.04 bits per heavy atom. The predicted molar refractivity (Wildman–Crippen MR) is 123 cm³/mol. The monoisotopic (exact) mass is 415 g/mol. The van der Waals surface area contributed by atoms with E-state index in [2.05, 4.69) is 47.7 Å². The Kier molecular flexibility index (Phi) is 12.8. The van der Waals surface area contributed by atoms with Gasteiger partial charge in [-0.3, -0.25) is 4.79 Å². The molecule has 0 bridgehead atoms. The topological polar surface area (TPSA) is 72.5 Å². The van der Waals surface area contributed by atoms with Gasteiger partial charge in [0.1, 0.15) is 0 Å². The summed E-state index contributed by atoms with van der Waals surface area (Å²) in [4.78, 5) is 11.6. The smallest absolute Gasteiger partial charge is 0.308 e. The van der Waals surface area contributed by atoms with Crippen molar-refractivity contribution in [2.75, 3.05) is 6.54 Å². The van der Waals surface area contributed by atoms with Crippen LogP contribution in [0.15, 0.2) is 0 Å². The van der Waals surface area contributed by atoms with Crippen LogP contribution in [0.4, 0.5) is 0 Å². The molecule has 0 saturated heterocycles. The molecule has 5 heteroatoms. The van der Waals surface area contributed by atoms with Gasteiger partial charge >= 0.3 is 5.97 Å². The van der Waals surface area contributed by atoms with Crippen LogP contribution < -0.4 is 5.73 Å². The molecule has 0 aromatic heterocycles. The van der Waals surface area contributed by atoms with Crippen molar-refractivity contribution in [2.45, 2.75) is 117 Å². The number of carboxylic acid groups (broad SMARTS) is 1. The van der Waals surface area contributed by atoms with E-state index in [9.17, 15) is 9.90 Å². The molecule has 4 atom stereocenters. The van der Waals surface area contributed by atoms with Gasteiger partial charge in [-0.15, -0.1) is 0 Å². The molecule has 0 aliphatic rings. The van der Waals surface area contributed by atoms with Gasteiger partial charge in [0, 0.05) is 0 Å². The summed E-state index contributed by atoms with van der Waals surface area (Å²) >= 11 is 0. The average molecular weight is 416 g/mol. The standard InChI is InChI=1S/C23H49NO3Si/c1-9-20(14-11-17-24)13-10-12-18(2)15-16-21(19(3)22(25)26)27-28(7,8)23(4,5)6/h18-21H,9-17,24H2,1-8H3,(H,25,26)/t18-,19-,20-,21+/m1/s1. The van der Waals surface area contributed by atoms with Crippen LogP contribution in [0.25, 0.3) is 0 Å². The molecule has 0 unspecified atom stereocenters. The number of hydrogen-bond donors (Lipinski definition) is 2. The first-order chi connectivity index (χ1) is 12.9. The lowest BCUT2D eigenvalue weighted by atomic mass is 9.89. The molecular weight excluding hydrogens is 366 g/mol. The molecule has 0 spiro atoms. The number of carbonyl (C=O) groups is 1. The number of aliphatic carboxylic acids is 1. The third-order valence-corrected chi connectivity index (χ3v) is 11.4. The van der Waals surface area contributed by atoms with Crippen LogP contribution in [-0.4, -0.2) is 32.0 Å². The summed E-state index contributed by atoms with van der Waals surface area (Å²) in [5.74, 6) is 0.208. The Labute approximate surface area is 176 Å². The average Bonchev–Trinajstić information content (AvgIpc) is 2.59. The summed E-state index contributed by atoms with van der Waals surface area (Å²) in [7, 11) is -1.98. The summed E-state index contributed by atoms with van der Waals surface area (Å²) in [6.45, 7) is 18.2. The molecule has 0 amide bonds. The van der Waals surface area contributed by atoms with Gasteiger partial charge in [-0.2, -0.15) is 0 Å². The van der Waals surface area contributed by atoms with Gasteiger partial charge < -0.3 is 15.3 Å². The minimum Gasteiger partial charge on any atom is -0.481 e. The van der Waals surface area contributed by atoms with Crippen molar-refractivity contribution in [2.24, 2.45) is 23.5 Å². The molecule has 168 valence electrons. The quantitative estimate of drug-likeness (QED) is 0.301. The van der Waals surface area contributed by atoms with E-state index in [1.165, 1.54) is 32.1 Å². The van der Waals surface area contributed by atoms with E-state index < -0.39 is 20.2 Å². The minimum absolute atomic E-state index is 0.0911. The molecule has 28 heavy (non-hydrogen) atoms. The zero-order valence-corrected chi connectivity index (χ0v) is 21.0. The van der Waals surface area contributed by atoms with Gasteiger partial charge in [0.2, 0.25) is 0 Å². The molecule has 0 aliphatic heterocycles. The summed E-state index contributed by atoms with van der Waals surface area (Å²) in [5, 5.41) is 9.64. The van der Waals surface area contributed by atoms with Gasteiger partial charge in [-0.25, -0.2) is 0 Å². The molecule has 0 fully saturated rings. The second-order valence-electron chi connectivity index (χ2n) is 10.4. The molecule has 4 nitrogen and oxygen atoms in total. The van der Waals surface area contributed by atoms with Crippen molar-refractivity contribution in [3.63, 3.8) is 0 Å². The molecule has 3 N–H and O–H groups in total. The van der Waals surface area contributed by atoms with Crippen LogP contribution in [0.5, 0.6) is 0 Å². The summed E-state index contributed by atoms with van der Waals surface area (Å²) in [6, 6.07) is 0. The highest BCUT2D eigenvalue weighted by Gasteiger charge is 2.41. The van der Waals surface area contributed by atoms with Gasteiger partial charge in [0.25, 0.3) is 0 Å². The molecule has 0 aromatic rings. The third-order valence-electron chi connectivity index (χ3n) is 6.85. The van der Waals surface area contributed by atoms with Gasteiger partial charge in [-0.05, 0) is 69.1 Å². The highest BCUT2D eigenvalue weighted by molar-refractivity contribution is 6.74. The highest BCUT2D eigenvalue weighted by atomic mass is 28.4. The lowest BCUT2D eigenvalue weighted by molar-refractivity contribution is -0.144. The first kappa shape index (κ1) is 27.6. The third kappa shape index (κ3) is 10.4. The van der Waals surface area contributed by atoms with Gasteiger partial charge in [0.15, 0.2) is 8.32 Å².